The summed E-state index contributed by atoms with van der Waals surface area (Å²) in [6.45, 7) is 4.35. The van der Waals surface area contributed by atoms with Gasteiger partial charge < -0.3 is 14.7 Å². The maximum atomic E-state index is 13.3. The monoisotopic (exact) mass is 399 g/mol. The summed E-state index contributed by atoms with van der Waals surface area (Å²) in [5.41, 5.74) is 1.13. The molecular weight excluding hydrogens is 373 g/mol. The normalized spacial score (nSPS) is 18.8. The van der Waals surface area contributed by atoms with Crippen LogP contribution in [0.3, 0.4) is 0 Å². The minimum absolute atomic E-state index is 0.0710. The van der Waals surface area contributed by atoms with Gasteiger partial charge >= 0.3 is 5.97 Å². The molecule has 1 fully saturated rings. The zero-order valence-electron chi connectivity index (χ0n) is 16.7. The van der Waals surface area contributed by atoms with Gasteiger partial charge in [0.2, 0.25) is 5.91 Å². The summed E-state index contributed by atoms with van der Waals surface area (Å²) in [5, 5.41) is 8.99. The standard InChI is InChI=1S/C23H26FNO4/c1-15(2)13-22(26)25-19(9-12-21(25)16-3-7-18(24)8-4-16)14-29-20-10-5-17(6-11-20)23(27)28/h3-8,10-11,15,19,21H,9,12-14H2,1-2H3,(H,27,28)/t19-,21+/m0/s1. The number of aromatic carboxylic acids is 1. The van der Waals surface area contributed by atoms with Crippen LogP contribution in [0.5, 0.6) is 5.75 Å². The minimum Gasteiger partial charge on any atom is -0.491 e. The van der Waals surface area contributed by atoms with E-state index in [4.69, 9.17) is 9.84 Å². The molecule has 154 valence electrons. The number of carbonyl (C=O) groups is 2. The third-order valence-corrected chi connectivity index (χ3v) is 5.17. The van der Waals surface area contributed by atoms with Gasteiger partial charge in [0.25, 0.3) is 0 Å². The van der Waals surface area contributed by atoms with Crippen LogP contribution in [0.2, 0.25) is 0 Å². The molecule has 2 atom stereocenters. The van der Waals surface area contributed by atoms with Crippen LogP contribution in [0, 0.1) is 11.7 Å². The van der Waals surface area contributed by atoms with E-state index in [9.17, 15) is 14.0 Å². The first kappa shape index (κ1) is 20.8. The topological polar surface area (TPSA) is 66.8 Å². The van der Waals surface area contributed by atoms with E-state index < -0.39 is 5.97 Å². The van der Waals surface area contributed by atoms with Crippen LogP contribution in [-0.2, 0) is 4.79 Å². The Labute approximate surface area is 170 Å². The number of hydrogen-bond donors (Lipinski definition) is 1. The molecule has 2 aromatic carbocycles. The number of rotatable bonds is 7. The molecule has 0 bridgehead atoms. The number of amides is 1. The Morgan fingerprint density at radius 3 is 2.34 bits per heavy atom. The van der Waals surface area contributed by atoms with E-state index in [1.807, 2.05) is 18.7 Å². The molecule has 3 rings (SSSR count). The largest absolute Gasteiger partial charge is 0.491 e. The summed E-state index contributed by atoms with van der Waals surface area (Å²) in [6.07, 6.45) is 2.03. The lowest BCUT2D eigenvalue weighted by Crippen LogP contribution is -2.41. The Bertz CT molecular complexity index is 848. The molecule has 0 unspecified atom stereocenters. The summed E-state index contributed by atoms with van der Waals surface area (Å²) in [6, 6.07) is 12.4. The second-order valence-electron chi connectivity index (χ2n) is 7.84. The van der Waals surface area contributed by atoms with Crippen LogP contribution < -0.4 is 4.74 Å². The molecule has 6 heteroatoms. The Morgan fingerprint density at radius 2 is 1.76 bits per heavy atom. The third kappa shape index (κ3) is 5.13. The van der Waals surface area contributed by atoms with Crippen molar-refractivity contribution in [2.75, 3.05) is 6.61 Å². The molecule has 1 N–H and O–H groups in total. The molecule has 5 nitrogen and oxygen atoms in total. The maximum absolute atomic E-state index is 13.3. The van der Waals surface area contributed by atoms with Gasteiger partial charge in [-0.1, -0.05) is 26.0 Å². The number of likely N-dealkylation sites (tertiary alicyclic amines) is 1. The molecule has 0 radical (unpaired) electrons. The number of nitrogens with zero attached hydrogens (tertiary/aromatic N) is 1. The van der Waals surface area contributed by atoms with Crippen LogP contribution >= 0.6 is 0 Å². The number of hydrogen-bond acceptors (Lipinski definition) is 3. The van der Waals surface area contributed by atoms with Gasteiger partial charge in [0.1, 0.15) is 18.2 Å². The van der Waals surface area contributed by atoms with Crippen molar-refractivity contribution < 1.29 is 23.8 Å². The van der Waals surface area contributed by atoms with Crippen molar-refractivity contribution in [3.63, 3.8) is 0 Å². The van der Waals surface area contributed by atoms with Gasteiger partial charge in [-0.2, -0.15) is 0 Å². The summed E-state index contributed by atoms with van der Waals surface area (Å²) >= 11 is 0. The Balaban J connectivity index is 1.74. The van der Waals surface area contributed by atoms with Gasteiger partial charge in [-0.05, 0) is 60.7 Å². The summed E-state index contributed by atoms with van der Waals surface area (Å²) in [5.74, 6) is -0.406. The van der Waals surface area contributed by atoms with Crippen molar-refractivity contribution in [1.29, 1.82) is 0 Å². The lowest BCUT2D eigenvalue weighted by atomic mass is 10.0. The minimum atomic E-state index is -0.986. The number of carbonyl (C=O) groups excluding carboxylic acids is 1. The molecule has 1 heterocycles. The van der Waals surface area contributed by atoms with Gasteiger partial charge in [0.15, 0.2) is 0 Å². The highest BCUT2D eigenvalue weighted by molar-refractivity contribution is 5.87. The molecular formula is C23H26FNO4. The lowest BCUT2D eigenvalue weighted by Gasteiger charge is -2.31. The second-order valence-corrected chi connectivity index (χ2v) is 7.84. The van der Waals surface area contributed by atoms with E-state index in [-0.39, 0.29) is 35.3 Å². The van der Waals surface area contributed by atoms with Crippen molar-refractivity contribution in [3.8, 4) is 5.75 Å². The molecule has 1 aliphatic heterocycles. The highest BCUT2D eigenvalue weighted by Crippen LogP contribution is 2.37. The number of carboxylic acid groups (broad SMARTS) is 1. The fraction of sp³-hybridized carbons (Fsp3) is 0.391. The molecule has 2 aromatic rings. The van der Waals surface area contributed by atoms with E-state index in [0.29, 0.717) is 18.8 Å². The van der Waals surface area contributed by atoms with E-state index in [1.54, 1.807) is 24.3 Å². The highest BCUT2D eigenvalue weighted by Gasteiger charge is 2.38. The van der Waals surface area contributed by atoms with Gasteiger partial charge in [-0.15, -0.1) is 0 Å². The van der Waals surface area contributed by atoms with Crippen LogP contribution in [0.1, 0.15) is 55.1 Å². The molecule has 1 saturated heterocycles. The predicted molar refractivity (Wildman–Crippen MR) is 107 cm³/mol. The van der Waals surface area contributed by atoms with Gasteiger partial charge in [-0.3, -0.25) is 4.79 Å². The Kier molecular flexibility index (Phi) is 6.52. The van der Waals surface area contributed by atoms with Crippen molar-refractivity contribution in [1.82, 2.24) is 4.90 Å². The van der Waals surface area contributed by atoms with Crippen molar-refractivity contribution >= 4 is 11.9 Å². The van der Waals surface area contributed by atoms with E-state index in [1.165, 1.54) is 24.3 Å². The van der Waals surface area contributed by atoms with E-state index >= 15 is 0 Å². The third-order valence-electron chi connectivity index (χ3n) is 5.17. The van der Waals surface area contributed by atoms with Crippen LogP contribution in [0.15, 0.2) is 48.5 Å². The summed E-state index contributed by atoms with van der Waals surface area (Å²) in [4.78, 5) is 25.8. The lowest BCUT2D eigenvalue weighted by molar-refractivity contribution is -0.135. The SMILES string of the molecule is CC(C)CC(=O)N1[C@H](COc2ccc(C(=O)O)cc2)CC[C@@H]1c1ccc(F)cc1. The summed E-state index contributed by atoms with van der Waals surface area (Å²) in [7, 11) is 0. The fourth-order valence-corrected chi connectivity index (χ4v) is 3.78. The van der Waals surface area contributed by atoms with Crippen LogP contribution in [0.25, 0.3) is 0 Å². The zero-order valence-corrected chi connectivity index (χ0v) is 16.7. The number of benzene rings is 2. The predicted octanol–water partition coefficient (Wildman–Crippen LogP) is 4.68. The van der Waals surface area contributed by atoms with Crippen molar-refractivity contribution in [2.24, 2.45) is 5.92 Å². The van der Waals surface area contributed by atoms with Crippen molar-refractivity contribution in [2.45, 2.75) is 45.2 Å². The number of ether oxygens (including phenoxy) is 1. The van der Waals surface area contributed by atoms with E-state index in [2.05, 4.69) is 0 Å². The second kappa shape index (κ2) is 9.07. The Hall–Kier alpha value is -2.89. The quantitative estimate of drug-likeness (QED) is 0.734. The molecule has 1 amide bonds. The first-order valence-corrected chi connectivity index (χ1v) is 9.88. The molecule has 0 spiro atoms. The van der Waals surface area contributed by atoms with Gasteiger partial charge in [-0.25, -0.2) is 9.18 Å². The van der Waals surface area contributed by atoms with Crippen LogP contribution in [-0.4, -0.2) is 34.5 Å². The molecule has 29 heavy (non-hydrogen) atoms. The molecule has 0 saturated carbocycles. The Morgan fingerprint density at radius 1 is 1.10 bits per heavy atom. The molecule has 1 aliphatic rings. The first-order chi connectivity index (χ1) is 13.8. The average molecular weight is 399 g/mol. The van der Waals surface area contributed by atoms with E-state index in [0.717, 1.165) is 18.4 Å². The maximum Gasteiger partial charge on any atom is 0.335 e. The van der Waals surface area contributed by atoms with Gasteiger partial charge in [0, 0.05) is 6.42 Å². The van der Waals surface area contributed by atoms with Crippen molar-refractivity contribution in [3.05, 3.63) is 65.5 Å². The van der Waals surface area contributed by atoms with Crippen LogP contribution in [0.4, 0.5) is 4.39 Å². The number of carboxylic acids is 1. The fourth-order valence-electron chi connectivity index (χ4n) is 3.78. The molecule has 0 aliphatic carbocycles. The zero-order chi connectivity index (χ0) is 21.0. The average Bonchev–Trinajstić information content (AvgIpc) is 3.11. The summed E-state index contributed by atoms with van der Waals surface area (Å²) < 4.78 is 19.2. The first-order valence-electron chi connectivity index (χ1n) is 9.88. The number of halogens is 1. The van der Waals surface area contributed by atoms with Gasteiger partial charge in [0.05, 0.1) is 17.6 Å². The molecule has 0 aromatic heterocycles. The smallest absolute Gasteiger partial charge is 0.335 e. The highest BCUT2D eigenvalue weighted by atomic mass is 19.1.